The first-order valence-electron chi connectivity index (χ1n) is 6.71. The maximum atomic E-state index is 2.30. The number of anilines is 2. The van der Waals surface area contributed by atoms with Crippen LogP contribution < -0.4 is 4.90 Å². The van der Waals surface area contributed by atoms with Crippen LogP contribution in [0.4, 0.5) is 11.4 Å². The normalized spacial score (nSPS) is 13.1. The third-order valence-electron chi connectivity index (χ3n) is 3.82. The summed E-state index contributed by atoms with van der Waals surface area (Å²) in [4.78, 5) is 2.30. The van der Waals surface area contributed by atoms with Crippen molar-refractivity contribution in [3.05, 3.63) is 64.7 Å². The van der Waals surface area contributed by atoms with Gasteiger partial charge in [-0.3, -0.25) is 0 Å². The Balaban J connectivity index is 2.37. The standard InChI is InChI=1S/C18H19N/c1-12(2)18-14-7-5-6-8-16(14)19(4)17-11-13(3)9-10-15(17)18/h5-11H,1-4H3. The first kappa shape index (κ1) is 12.0. The zero-order valence-electron chi connectivity index (χ0n) is 12.0. The van der Waals surface area contributed by atoms with Crippen molar-refractivity contribution in [1.29, 1.82) is 0 Å². The van der Waals surface area contributed by atoms with Gasteiger partial charge in [-0.05, 0) is 44.0 Å². The zero-order valence-corrected chi connectivity index (χ0v) is 12.0. The predicted octanol–water partition coefficient (Wildman–Crippen LogP) is 4.92. The van der Waals surface area contributed by atoms with Crippen LogP contribution in [0.1, 0.15) is 30.5 Å². The van der Waals surface area contributed by atoms with Crippen LogP contribution in [0.25, 0.3) is 5.57 Å². The molecule has 0 atom stereocenters. The van der Waals surface area contributed by atoms with Crippen molar-refractivity contribution in [2.75, 3.05) is 11.9 Å². The summed E-state index contributed by atoms with van der Waals surface area (Å²) in [6.45, 7) is 6.54. The molecule has 1 aliphatic heterocycles. The number of rotatable bonds is 0. The van der Waals surface area contributed by atoms with Crippen molar-refractivity contribution in [3.63, 3.8) is 0 Å². The van der Waals surface area contributed by atoms with E-state index in [-0.39, 0.29) is 0 Å². The number of para-hydroxylation sites is 1. The minimum atomic E-state index is 1.29. The Bertz CT molecular complexity index is 676. The van der Waals surface area contributed by atoms with E-state index < -0.39 is 0 Å². The van der Waals surface area contributed by atoms with Crippen LogP contribution in [0.15, 0.2) is 48.0 Å². The van der Waals surface area contributed by atoms with E-state index in [1.54, 1.807) is 0 Å². The minimum Gasteiger partial charge on any atom is -0.344 e. The molecule has 0 bridgehead atoms. The second kappa shape index (κ2) is 4.27. The van der Waals surface area contributed by atoms with Crippen molar-refractivity contribution >= 4 is 16.9 Å². The van der Waals surface area contributed by atoms with Gasteiger partial charge in [0.2, 0.25) is 0 Å². The van der Waals surface area contributed by atoms with Gasteiger partial charge in [-0.15, -0.1) is 0 Å². The van der Waals surface area contributed by atoms with Crippen molar-refractivity contribution in [3.8, 4) is 0 Å². The largest absolute Gasteiger partial charge is 0.344 e. The molecule has 0 aromatic heterocycles. The molecule has 1 nitrogen and oxygen atoms in total. The summed E-state index contributed by atoms with van der Waals surface area (Å²) in [5.41, 5.74) is 9.31. The Hall–Kier alpha value is -2.02. The number of nitrogens with zero attached hydrogens (tertiary/aromatic N) is 1. The van der Waals surface area contributed by atoms with Crippen LogP contribution >= 0.6 is 0 Å². The van der Waals surface area contributed by atoms with Gasteiger partial charge in [-0.1, -0.05) is 35.9 Å². The molecule has 1 heteroatoms. The molecular weight excluding hydrogens is 230 g/mol. The van der Waals surface area contributed by atoms with E-state index in [0.29, 0.717) is 0 Å². The van der Waals surface area contributed by atoms with Crippen LogP contribution in [-0.4, -0.2) is 7.05 Å². The van der Waals surface area contributed by atoms with Gasteiger partial charge < -0.3 is 4.90 Å². The number of benzene rings is 2. The van der Waals surface area contributed by atoms with E-state index in [1.165, 1.54) is 39.2 Å². The van der Waals surface area contributed by atoms with Gasteiger partial charge in [-0.2, -0.15) is 0 Å². The van der Waals surface area contributed by atoms with E-state index in [9.17, 15) is 0 Å². The molecule has 19 heavy (non-hydrogen) atoms. The number of aryl methyl sites for hydroxylation is 1. The smallest absolute Gasteiger partial charge is 0.0490 e. The zero-order chi connectivity index (χ0) is 13.6. The van der Waals surface area contributed by atoms with Crippen LogP contribution in [0.3, 0.4) is 0 Å². The topological polar surface area (TPSA) is 3.24 Å². The fourth-order valence-electron chi connectivity index (χ4n) is 2.92. The Kier molecular flexibility index (Phi) is 2.70. The molecule has 0 amide bonds. The predicted molar refractivity (Wildman–Crippen MR) is 83.1 cm³/mol. The fraction of sp³-hybridized carbons (Fsp3) is 0.222. The van der Waals surface area contributed by atoms with Crippen LogP contribution in [-0.2, 0) is 0 Å². The molecule has 0 radical (unpaired) electrons. The van der Waals surface area contributed by atoms with Gasteiger partial charge in [0.05, 0.1) is 0 Å². The third kappa shape index (κ3) is 1.77. The third-order valence-corrected chi connectivity index (χ3v) is 3.82. The Labute approximate surface area is 115 Å². The number of hydrogen-bond donors (Lipinski definition) is 0. The molecule has 2 aromatic rings. The summed E-state index contributed by atoms with van der Waals surface area (Å²) in [7, 11) is 2.15. The van der Waals surface area contributed by atoms with E-state index in [4.69, 9.17) is 0 Å². The molecule has 0 saturated heterocycles. The second-order valence-corrected chi connectivity index (χ2v) is 5.47. The Morgan fingerprint density at radius 2 is 1.58 bits per heavy atom. The Morgan fingerprint density at radius 3 is 2.32 bits per heavy atom. The van der Waals surface area contributed by atoms with Crippen molar-refractivity contribution in [1.82, 2.24) is 0 Å². The number of fused-ring (bicyclic) bond motifs is 2. The monoisotopic (exact) mass is 249 g/mol. The highest BCUT2D eigenvalue weighted by Gasteiger charge is 2.24. The quantitative estimate of drug-likeness (QED) is 0.640. The molecule has 0 spiro atoms. The second-order valence-electron chi connectivity index (χ2n) is 5.47. The highest BCUT2D eigenvalue weighted by molar-refractivity contribution is 5.98. The molecule has 1 aliphatic rings. The van der Waals surface area contributed by atoms with E-state index >= 15 is 0 Å². The van der Waals surface area contributed by atoms with Gasteiger partial charge in [0, 0.05) is 29.5 Å². The summed E-state index contributed by atoms with van der Waals surface area (Å²) < 4.78 is 0. The molecule has 2 aromatic carbocycles. The first-order chi connectivity index (χ1) is 9.09. The lowest BCUT2D eigenvalue weighted by atomic mass is 9.87. The van der Waals surface area contributed by atoms with Crippen molar-refractivity contribution in [2.45, 2.75) is 20.8 Å². The lowest BCUT2D eigenvalue weighted by Crippen LogP contribution is -2.18. The molecule has 3 rings (SSSR count). The maximum Gasteiger partial charge on any atom is 0.0490 e. The van der Waals surface area contributed by atoms with Gasteiger partial charge >= 0.3 is 0 Å². The molecule has 0 aliphatic carbocycles. The van der Waals surface area contributed by atoms with E-state index in [1.807, 2.05) is 0 Å². The SMILES string of the molecule is CC(C)=C1c2ccccc2N(C)c2cc(C)ccc21. The van der Waals surface area contributed by atoms with Gasteiger partial charge in [0.1, 0.15) is 0 Å². The summed E-state index contributed by atoms with van der Waals surface area (Å²) in [5.74, 6) is 0. The Morgan fingerprint density at radius 1 is 0.895 bits per heavy atom. The van der Waals surface area contributed by atoms with Gasteiger partial charge in [-0.25, -0.2) is 0 Å². The van der Waals surface area contributed by atoms with Crippen LogP contribution in [0.2, 0.25) is 0 Å². The molecule has 1 heterocycles. The molecule has 96 valence electrons. The summed E-state index contributed by atoms with van der Waals surface area (Å²) in [5, 5.41) is 0. The van der Waals surface area contributed by atoms with Gasteiger partial charge in [0.15, 0.2) is 0 Å². The average Bonchev–Trinajstić information content (AvgIpc) is 2.39. The highest BCUT2D eigenvalue weighted by atomic mass is 15.1. The van der Waals surface area contributed by atoms with Gasteiger partial charge in [0.25, 0.3) is 0 Å². The fourth-order valence-corrected chi connectivity index (χ4v) is 2.92. The summed E-state index contributed by atoms with van der Waals surface area (Å²) in [6.07, 6.45) is 0. The van der Waals surface area contributed by atoms with E-state index in [2.05, 4.69) is 75.2 Å². The number of allylic oxidation sites excluding steroid dienone is 1. The van der Waals surface area contributed by atoms with E-state index in [0.717, 1.165) is 0 Å². The molecule has 0 unspecified atom stereocenters. The lowest BCUT2D eigenvalue weighted by Gasteiger charge is -2.32. The van der Waals surface area contributed by atoms with Crippen LogP contribution in [0.5, 0.6) is 0 Å². The molecule has 0 fully saturated rings. The molecular formula is C18H19N. The lowest BCUT2D eigenvalue weighted by molar-refractivity contribution is 1.16. The minimum absolute atomic E-state index is 1.29. The first-order valence-corrected chi connectivity index (χ1v) is 6.71. The highest BCUT2D eigenvalue weighted by Crippen LogP contribution is 2.45. The summed E-state index contributed by atoms with van der Waals surface area (Å²) in [6, 6.07) is 15.4. The molecule has 0 saturated carbocycles. The average molecular weight is 249 g/mol. The molecule has 0 N–H and O–H groups in total. The summed E-state index contributed by atoms with van der Waals surface area (Å²) >= 11 is 0. The number of hydrogen-bond acceptors (Lipinski definition) is 1. The van der Waals surface area contributed by atoms with Crippen molar-refractivity contribution < 1.29 is 0 Å². The van der Waals surface area contributed by atoms with Crippen LogP contribution in [0, 0.1) is 6.92 Å². The van der Waals surface area contributed by atoms with Crippen molar-refractivity contribution in [2.24, 2.45) is 0 Å². The maximum absolute atomic E-state index is 2.30.